The number of carboxylic acids is 1. The summed E-state index contributed by atoms with van der Waals surface area (Å²) in [5.41, 5.74) is 2.99. The van der Waals surface area contributed by atoms with Crippen molar-refractivity contribution in [3.63, 3.8) is 0 Å². The lowest BCUT2D eigenvalue weighted by Crippen LogP contribution is -2.22. The quantitative estimate of drug-likeness (QED) is 0.558. The summed E-state index contributed by atoms with van der Waals surface area (Å²) >= 11 is 0. The molecule has 26 heavy (non-hydrogen) atoms. The third-order valence-electron chi connectivity index (χ3n) is 4.73. The Morgan fingerprint density at radius 1 is 0.962 bits per heavy atom. The van der Waals surface area contributed by atoms with Gasteiger partial charge in [0.25, 0.3) is 0 Å². The lowest BCUT2D eigenvalue weighted by molar-refractivity contribution is -0.254. The highest BCUT2D eigenvalue weighted by molar-refractivity contribution is 6.09. The lowest BCUT2D eigenvalue weighted by Gasteiger charge is -2.12. The van der Waals surface area contributed by atoms with Crippen LogP contribution in [0.25, 0.3) is 33.1 Å². The van der Waals surface area contributed by atoms with Gasteiger partial charge in [-0.3, -0.25) is 4.79 Å². The van der Waals surface area contributed by atoms with Gasteiger partial charge in [0.05, 0.1) is 11.4 Å². The number of aryl methyl sites for hydroxylation is 2. The molecule has 0 aliphatic rings. The molecule has 0 aliphatic heterocycles. The molecule has 0 amide bonds. The Kier molecular flexibility index (Phi) is 3.62. The first kappa shape index (κ1) is 16.1. The summed E-state index contributed by atoms with van der Waals surface area (Å²) in [4.78, 5) is 24.2. The summed E-state index contributed by atoms with van der Waals surface area (Å²) in [6, 6.07) is 15.4. The van der Waals surface area contributed by atoms with Gasteiger partial charge < -0.3 is 14.3 Å². The molecular weight excluding hydrogens is 328 g/mol. The summed E-state index contributed by atoms with van der Waals surface area (Å²) < 4.78 is 5.99. The average Bonchev–Trinajstić information content (AvgIpc) is 2.62. The smallest absolute Gasteiger partial charge is 0.193 e. The van der Waals surface area contributed by atoms with Crippen molar-refractivity contribution in [3.8, 4) is 11.3 Å². The number of carboxylic acid groups (broad SMARTS) is 1. The number of hydrogen-bond acceptors (Lipinski definition) is 4. The Morgan fingerprint density at radius 3 is 2.38 bits per heavy atom. The van der Waals surface area contributed by atoms with E-state index in [1.54, 1.807) is 18.2 Å². The molecule has 1 heterocycles. The van der Waals surface area contributed by atoms with E-state index in [2.05, 4.69) is 0 Å². The highest BCUT2D eigenvalue weighted by Gasteiger charge is 2.13. The van der Waals surface area contributed by atoms with Crippen LogP contribution in [-0.2, 0) is 0 Å². The van der Waals surface area contributed by atoms with Gasteiger partial charge in [-0.1, -0.05) is 36.4 Å². The van der Waals surface area contributed by atoms with Crippen LogP contribution >= 0.6 is 0 Å². The normalized spacial score (nSPS) is 11.2. The monoisotopic (exact) mass is 343 g/mol. The van der Waals surface area contributed by atoms with E-state index in [9.17, 15) is 14.7 Å². The molecule has 3 aromatic carbocycles. The van der Waals surface area contributed by atoms with Crippen molar-refractivity contribution >= 4 is 27.7 Å². The van der Waals surface area contributed by atoms with Crippen molar-refractivity contribution in [2.75, 3.05) is 0 Å². The van der Waals surface area contributed by atoms with E-state index in [1.807, 2.05) is 38.1 Å². The first-order valence-corrected chi connectivity index (χ1v) is 8.24. The van der Waals surface area contributed by atoms with E-state index in [0.717, 1.165) is 16.5 Å². The Hall–Kier alpha value is -3.40. The molecule has 0 N–H and O–H groups in total. The molecule has 0 spiro atoms. The summed E-state index contributed by atoms with van der Waals surface area (Å²) in [5.74, 6) is -0.928. The maximum Gasteiger partial charge on any atom is 0.193 e. The van der Waals surface area contributed by atoms with Crippen LogP contribution < -0.4 is 10.5 Å². The highest BCUT2D eigenvalue weighted by Crippen LogP contribution is 2.32. The van der Waals surface area contributed by atoms with Crippen molar-refractivity contribution in [2.24, 2.45) is 0 Å². The van der Waals surface area contributed by atoms with Gasteiger partial charge in [-0.25, -0.2) is 0 Å². The number of carbonyl (C=O) groups excluding carboxylic acids is 1. The molecule has 1 aromatic heterocycles. The second-order valence-electron chi connectivity index (χ2n) is 6.40. The molecule has 4 rings (SSSR count). The highest BCUT2D eigenvalue weighted by atomic mass is 16.4. The van der Waals surface area contributed by atoms with Crippen LogP contribution in [0.5, 0.6) is 0 Å². The minimum absolute atomic E-state index is 0.0703. The first-order valence-electron chi connectivity index (χ1n) is 8.24. The van der Waals surface area contributed by atoms with Crippen molar-refractivity contribution in [1.29, 1.82) is 0 Å². The molecule has 0 aliphatic carbocycles. The van der Waals surface area contributed by atoms with Crippen molar-refractivity contribution < 1.29 is 14.3 Å². The van der Waals surface area contributed by atoms with Crippen molar-refractivity contribution in [2.45, 2.75) is 13.8 Å². The average molecular weight is 343 g/mol. The van der Waals surface area contributed by atoms with Crippen LogP contribution in [-0.4, -0.2) is 5.97 Å². The van der Waals surface area contributed by atoms with E-state index in [4.69, 9.17) is 4.42 Å². The maximum atomic E-state index is 12.6. The van der Waals surface area contributed by atoms with Gasteiger partial charge in [-0.05, 0) is 42.5 Å². The molecule has 4 heteroatoms. The van der Waals surface area contributed by atoms with E-state index in [-0.39, 0.29) is 11.0 Å². The predicted molar refractivity (Wildman–Crippen MR) is 99.2 cm³/mol. The maximum absolute atomic E-state index is 12.6. The SMILES string of the molecule is Cc1cc2oc(-c3cccc4cccc(C(=O)[O-])c34)cc(=O)c2cc1C. The molecule has 0 bridgehead atoms. The second kappa shape index (κ2) is 5.85. The summed E-state index contributed by atoms with van der Waals surface area (Å²) in [5, 5.41) is 13.3. The topological polar surface area (TPSA) is 70.3 Å². The molecule has 0 fully saturated rings. The molecule has 4 aromatic rings. The Bertz CT molecular complexity index is 1240. The zero-order chi connectivity index (χ0) is 18.4. The molecule has 0 atom stereocenters. The standard InChI is InChI=1S/C22H16O4/c1-12-9-17-18(23)11-20(26-19(17)10-13(12)2)15-7-3-5-14-6-4-8-16(21(14)15)22(24)25/h3-11H,1-2H3,(H,24,25)/p-1. The van der Waals surface area contributed by atoms with E-state index in [0.29, 0.717) is 27.7 Å². The van der Waals surface area contributed by atoms with Crippen LogP contribution in [0.15, 0.2) is 63.8 Å². The molecule has 0 saturated carbocycles. The van der Waals surface area contributed by atoms with Crippen LogP contribution in [0.3, 0.4) is 0 Å². The first-order chi connectivity index (χ1) is 12.5. The zero-order valence-corrected chi connectivity index (χ0v) is 14.3. The summed E-state index contributed by atoms with van der Waals surface area (Å²) in [7, 11) is 0. The molecule has 4 nitrogen and oxygen atoms in total. The molecular formula is C22H15O4-. The van der Waals surface area contributed by atoms with Gasteiger partial charge in [0.15, 0.2) is 5.43 Å². The van der Waals surface area contributed by atoms with E-state index >= 15 is 0 Å². The van der Waals surface area contributed by atoms with Crippen LogP contribution in [0.1, 0.15) is 21.5 Å². The molecule has 0 unspecified atom stereocenters. The molecule has 128 valence electrons. The predicted octanol–water partition coefficient (Wildman–Crippen LogP) is 3.59. The van der Waals surface area contributed by atoms with Gasteiger partial charge in [-0.2, -0.15) is 0 Å². The van der Waals surface area contributed by atoms with Gasteiger partial charge in [0, 0.05) is 22.6 Å². The second-order valence-corrected chi connectivity index (χ2v) is 6.40. The number of hydrogen-bond donors (Lipinski definition) is 0. The Labute approximate surface area is 149 Å². The number of rotatable bonds is 2. The van der Waals surface area contributed by atoms with Gasteiger partial charge in [0.1, 0.15) is 11.3 Å². The summed E-state index contributed by atoms with van der Waals surface area (Å²) in [6.07, 6.45) is 0. The largest absolute Gasteiger partial charge is 0.545 e. The van der Waals surface area contributed by atoms with Crippen molar-refractivity contribution in [3.05, 3.63) is 81.5 Å². The Balaban J connectivity index is 2.09. The number of aromatic carboxylic acids is 1. The summed E-state index contributed by atoms with van der Waals surface area (Å²) in [6.45, 7) is 3.90. The van der Waals surface area contributed by atoms with Crippen LogP contribution in [0.4, 0.5) is 0 Å². The lowest BCUT2D eigenvalue weighted by atomic mass is 9.97. The van der Waals surface area contributed by atoms with Gasteiger partial charge in [0.2, 0.25) is 0 Å². The number of fused-ring (bicyclic) bond motifs is 2. The fourth-order valence-electron chi connectivity index (χ4n) is 3.26. The zero-order valence-electron chi connectivity index (χ0n) is 14.3. The number of benzene rings is 3. The van der Waals surface area contributed by atoms with Crippen LogP contribution in [0, 0.1) is 13.8 Å². The van der Waals surface area contributed by atoms with E-state index < -0.39 is 5.97 Å². The molecule has 0 saturated heterocycles. The van der Waals surface area contributed by atoms with E-state index in [1.165, 1.54) is 12.1 Å². The third kappa shape index (κ3) is 2.47. The Morgan fingerprint density at radius 2 is 1.65 bits per heavy atom. The van der Waals surface area contributed by atoms with Crippen molar-refractivity contribution in [1.82, 2.24) is 0 Å². The van der Waals surface area contributed by atoms with Gasteiger partial charge >= 0.3 is 0 Å². The minimum atomic E-state index is -1.27. The third-order valence-corrected chi connectivity index (χ3v) is 4.73. The minimum Gasteiger partial charge on any atom is -0.545 e. The van der Waals surface area contributed by atoms with Crippen LogP contribution in [0.2, 0.25) is 0 Å². The van der Waals surface area contributed by atoms with Gasteiger partial charge in [-0.15, -0.1) is 0 Å². The fraction of sp³-hybridized carbons (Fsp3) is 0.0909. The fourth-order valence-corrected chi connectivity index (χ4v) is 3.26. The molecule has 0 radical (unpaired) electrons. The number of carbonyl (C=O) groups is 1.